The molecule has 0 amide bonds. The fourth-order valence-electron chi connectivity index (χ4n) is 2.81. The fraction of sp³-hybridized carbons (Fsp3) is 0.917. The summed E-state index contributed by atoms with van der Waals surface area (Å²) in [4.78, 5) is 24.1. The number of hydrogen-bond donors (Lipinski definition) is 0. The second-order valence-corrected chi connectivity index (χ2v) is 11.6. The van der Waals surface area contributed by atoms with Gasteiger partial charge in [0.1, 0.15) is 10.1 Å². The molecule has 0 saturated carbocycles. The lowest BCUT2D eigenvalue weighted by Crippen LogP contribution is -2.35. The maximum absolute atomic E-state index is 12.1. The van der Waals surface area contributed by atoms with E-state index in [-0.39, 0.29) is 25.0 Å². The largest absolute Gasteiger partial charge is 0.747 e. The van der Waals surface area contributed by atoms with Gasteiger partial charge in [0.15, 0.2) is 5.25 Å². The Morgan fingerprint density at radius 1 is 0.818 bits per heavy atom. The minimum absolute atomic E-state index is 0.0470. The number of esters is 2. The van der Waals surface area contributed by atoms with E-state index in [2.05, 4.69) is 42.0 Å². The molecule has 0 fully saturated rings. The maximum atomic E-state index is 12.1. The highest BCUT2D eigenvalue weighted by molar-refractivity contribution is 7.87. The van der Waals surface area contributed by atoms with Crippen molar-refractivity contribution in [2.75, 3.05) is 41.4 Å². The average molecular weight is 496 g/mol. The van der Waals surface area contributed by atoms with Gasteiger partial charge in [-0.1, -0.05) is 66.2 Å². The standard InChI is InChI=1S/C20H38O7S.C4H12N/c1-5-9-11-16(7-3)14-26-19(21)13-18(28(23,24)25)20(22)27-15-17(8-4)12-10-6-2;1-5(2,3)4/h16-18H,5-15H2,1-4H3,(H,23,24,25);1-4H3/q;+1/p-1. The normalized spacial score (nSPS) is 14.5. The van der Waals surface area contributed by atoms with Crippen molar-refractivity contribution in [2.24, 2.45) is 11.8 Å². The number of carbonyl (C=O) groups excluding carboxylic acids is 2. The summed E-state index contributed by atoms with van der Waals surface area (Å²) in [6.07, 6.45) is 6.58. The Kier molecular flexibility index (Phi) is 18.7. The van der Waals surface area contributed by atoms with Gasteiger partial charge in [0.2, 0.25) is 0 Å². The van der Waals surface area contributed by atoms with Crippen LogP contribution in [0.15, 0.2) is 0 Å². The summed E-state index contributed by atoms with van der Waals surface area (Å²) in [5, 5.41) is -2.06. The minimum Gasteiger partial charge on any atom is -0.747 e. The quantitative estimate of drug-likeness (QED) is 0.180. The molecule has 198 valence electrons. The van der Waals surface area contributed by atoms with Crippen molar-refractivity contribution in [1.82, 2.24) is 0 Å². The van der Waals surface area contributed by atoms with E-state index in [0.29, 0.717) is 0 Å². The van der Waals surface area contributed by atoms with E-state index in [9.17, 15) is 22.6 Å². The Morgan fingerprint density at radius 2 is 1.21 bits per heavy atom. The lowest BCUT2D eigenvalue weighted by Gasteiger charge is -2.21. The zero-order valence-corrected chi connectivity index (χ0v) is 23.0. The van der Waals surface area contributed by atoms with Gasteiger partial charge in [-0.3, -0.25) is 9.59 Å². The molecule has 3 atom stereocenters. The van der Waals surface area contributed by atoms with Crippen LogP contribution in [0.2, 0.25) is 0 Å². The molecular weight excluding hydrogens is 446 g/mol. The third-order valence-corrected chi connectivity index (χ3v) is 6.05. The summed E-state index contributed by atoms with van der Waals surface area (Å²) in [6.45, 7) is 8.26. The predicted molar refractivity (Wildman–Crippen MR) is 131 cm³/mol. The second-order valence-electron chi connectivity index (χ2n) is 10.0. The summed E-state index contributed by atoms with van der Waals surface area (Å²) >= 11 is 0. The number of ether oxygens (including phenoxy) is 2. The van der Waals surface area contributed by atoms with Crippen LogP contribution in [0.25, 0.3) is 0 Å². The van der Waals surface area contributed by atoms with Crippen molar-refractivity contribution in [3.05, 3.63) is 0 Å². The molecule has 33 heavy (non-hydrogen) atoms. The number of hydrogen-bond acceptors (Lipinski definition) is 7. The molecule has 0 aliphatic rings. The van der Waals surface area contributed by atoms with Crippen molar-refractivity contribution in [1.29, 1.82) is 0 Å². The van der Waals surface area contributed by atoms with Crippen LogP contribution in [-0.2, 0) is 29.2 Å². The minimum atomic E-state index is -5.01. The van der Waals surface area contributed by atoms with Crippen LogP contribution in [0.5, 0.6) is 0 Å². The third-order valence-electron chi connectivity index (χ3n) is 4.99. The Labute approximate surface area is 202 Å². The first-order chi connectivity index (χ1) is 15.2. The smallest absolute Gasteiger partial charge is 0.323 e. The molecule has 0 N–H and O–H groups in total. The molecule has 0 aromatic carbocycles. The first kappa shape index (κ1) is 34.0. The topological polar surface area (TPSA) is 110 Å². The Balaban J connectivity index is 0. The van der Waals surface area contributed by atoms with Crippen LogP contribution in [-0.4, -0.2) is 76.0 Å². The fourth-order valence-corrected chi connectivity index (χ4v) is 3.46. The van der Waals surface area contributed by atoms with Crippen molar-refractivity contribution < 1.29 is 36.5 Å². The molecule has 8 nitrogen and oxygen atoms in total. The van der Waals surface area contributed by atoms with Crippen molar-refractivity contribution in [3.63, 3.8) is 0 Å². The summed E-state index contributed by atoms with van der Waals surface area (Å²) in [7, 11) is 3.49. The number of nitrogens with zero attached hydrogens (tertiary/aromatic N) is 1. The van der Waals surface area contributed by atoms with E-state index in [0.717, 1.165) is 55.8 Å². The average Bonchev–Trinajstić information content (AvgIpc) is 2.70. The van der Waals surface area contributed by atoms with Crippen LogP contribution in [0.1, 0.15) is 85.5 Å². The monoisotopic (exact) mass is 495 g/mol. The van der Waals surface area contributed by atoms with Gasteiger partial charge in [0.05, 0.1) is 47.8 Å². The molecule has 0 aromatic heterocycles. The SMILES string of the molecule is CCCCC(CC)COC(=O)CC(C(=O)OCC(CC)CCCC)S(=O)(=O)[O-].C[N+](C)(C)C. The molecule has 0 heterocycles. The van der Waals surface area contributed by atoms with E-state index in [1.54, 1.807) is 0 Å². The van der Waals surface area contributed by atoms with E-state index in [1.165, 1.54) is 0 Å². The first-order valence-corrected chi connectivity index (χ1v) is 13.7. The zero-order chi connectivity index (χ0) is 26.1. The molecule has 0 aromatic rings. The molecule has 0 radical (unpaired) electrons. The Bertz CT molecular complexity index is 623. The maximum Gasteiger partial charge on any atom is 0.323 e. The van der Waals surface area contributed by atoms with Gasteiger partial charge in [-0.25, -0.2) is 8.42 Å². The molecule has 0 aliphatic carbocycles. The summed E-state index contributed by atoms with van der Waals surface area (Å²) in [5.41, 5.74) is 0. The van der Waals surface area contributed by atoms with E-state index < -0.39 is 33.7 Å². The lowest BCUT2D eigenvalue weighted by atomic mass is 10.0. The van der Waals surface area contributed by atoms with E-state index in [4.69, 9.17) is 9.47 Å². The summed E-state index contributed by atoms with van der Waals surface area (Å²) in [5.74, 6) is -1.74. The highest BCUT2D eigenvalue weighted by Gasteiger charge is 2.31. The molecule has 3 unspecified atom stereocenters. The van der Waals surface area contributed by atoms with Gasteiger partial charge in [-0.05, 0) is 24.7 Å². The van der Waals surface area contributed by atoms with Gasteiger partial charge in [-0.15, -0.1) is 0 Å². The molecule has 0 rings (SSSR count). The number of quaternary nitrogens is 1. The highest BCUT2D eigenvalue weighted by Crippen LogP contribution is 2.17. The van der Waals surface area contributed by atoms with Crippen LogP contribution in [0, 0.1) is 11.8 Å². The van der Waals surface area contributed by atoms with Crippen molar-refractivity contribution in [2.45, 2.75) is 90.7 Å². The Morgan fingerprint density at radius 3 is 1.55 bits per heavy atom. The predicted octanol–water partition coefficient (Wildman–Crippen LogP) is 4.13. The molecule has 0 spiro atoms. The summed E-state index contributed by atoms with van der Waals surface area (Å²) < 4.78 is 45.6. The second kappa shape index (κ2) is 18.2. The van der Waals surface area contributed by atoms with Crippen molar-refractivity contribution >= 4 is 22.1 Å². The van der Waals surface area contributed by atoms with Gasteiger partial charge in [0.25, 0.3) is 0 Å². The highest BCUT2D eigenvalue weighted by atomic mass is 32.2. The van der Waals surface area contributed by atoms with Crippen LogP contribution >= 0.6 is 0 Å². The first-order valence-electron chi connectivity index (χ1n) is 12.2. The van der Waals surface area contributed by atoms with E-state index >= 15 is 0 Å². The number of rotatable bonds is 16. The number of carbonyl (C=O) groups is 2. The molecule has 9 heteroatoms. The van der Waals surface area contributed by atoms with Crippen LogP contribution in [0.3, 0.4) is 0 Å². The van der Waals surface area contributed by atoms with Gasteiger partial charge < -0.3 is 18.5 Å². The molecular formula is C24H49NO7S. The molecule has 0 saturated heterocycles. The van der Waals surface area contributed by atoms with Crippen LogP contribution < -0.4 is 0 Å². The van der Waals surface area contributed by atoms with Gasteiger partial charge in [-0.2, -0.15) is 0 Å². The van der Waals surface area contributed by atoms with Gasteiger partial charge in [0, 0.05) is 0 Å². The van der Waals surface area contributed by atoms with Gasteiger partial charge >= 0.3 is 11.9 Å². The van der Waals surface area contributed by atoms with Crippen LogP contribution in [0.4, 0.5) is 0 Å². The molecule has 0 aliphatic heterocycles. The third kappa shape index (κ3) is 21.1. The number of unbranched alkanes of at least 4 members (excludes halogenated alkanes) is 2. The summed E-state index contributed by atoms with van der Waals surface area (Å²) in [6, 6.07) is 0. The van der Waals surface area contributed by atoms with Crippen molar-refractivity contribution in [3.8, 4) is 0 Å². The zero-order valence-electron chi connectivity index (χ0n) is 22.2. The molecule has 0 bridgehead atoms. The Hall–Kier alpha value is -1.19. The lowest BCUT2D eigenvalue weighted by molar-refractivity contribution is -0.849. The van der Waals surface area contributed by atoms with E-state index in [1.807, 2.05) is 13.8 Å².